The number of rotatable bonds is 7. The number of benzene rings is 2. The molecule has 0 heterocycles. The van der Waals surface area contributed by atoms with Crippen LogP contribution < -0.4 is 10.1 Å². The monoisotopic (exact) mass is 341 g/mol. The van der Waals surface area contributed by atoms with Gasteiger partial charge in [-0.3, -0.25) is 9.59 Å². The molecule has 6 heteroatoms. The molecule has 2 aromatic rings. The molecule has 2 rings (SSSR count). The number of amides is 1. The molecule has 2 aromatic carbocycles. The van der Waals surface area contributed by atoms with E-state index in [1.165, 1.54) is 19.1 Å². The Kier molecular flexibility index (Phi) is 6.28. The molecule has 0 saturated carbocycles. The minimum absolute atomic E-state index is 0.227. The predicted octanol–water partition coefficient (Wildman–Crippen LogP) is 2.43. The van der Waals surface area contributed by atoms with Gasteiger partial charge in [0.2, 0.25) is 0 Å². The lowest BCUT2D eigenvalue weighted by molar-refractivity contribution is -0.139. The molecular formula is C19H19NO5. The van der Waals surface area contributed by atoms with Gasteiger partial charge in [-0.05, 0) is 36.6 Å². The summed E-state index contributed by atoms with van der Waals surface area (Å²) >= 11 is 0. The average molecular weight is 341 g/mol. The fourth-order valence-electron chi connectivity index (χ4n) is 2.32. The number of ether oxygens (including phenoxy) is 1. The summed E-state index contributed by atoms with van der Waals surface area (Å²) in [7, 11) is 0. The van der Waals surface area contributed by atoms with Crippen molar-refractivity contribution in [2.45, 2.75) is 25.8 Å². The summed E-state index contributed by atoms with van der Waals surface area (Å²) in [6.45, 7) is 1.26. The Labute approximate surface area is 145 Å². The van der Waals surface area contributed by atoms with Crippen LogP contribution in [0.4, 0.5) is 0 Å². The van der Waals surface area contributed by atoms with Crippen LogP contribution in [0.3, 0.4) is 0 Å². The second-order valence-corrected chi connectivity index (χ2v) is 5.51. The molecule has 0 spiro atoms. The lowest BCUT2D eigenvalue weighted by Gasteiger charge is -2.15. The first kappa shape index (κ1) is 18.2. The van der Waals surface area contributed by atoms with Crippen LogP contribution in [0.15, 0.2) is 54.6 Å². The summed E-state index contributed by atoms with van der Waals surface area (Å²) < 4.78 is 4.93. The molecule has 1 atom stereocenters. The maximum absolute atomic E-state index is 12.3. The number of aryl methyl sites for hydroxylation is 1. The van der Waals surface area contributed by atoms with E-state index in [9.17, 15) is 19.5 Å². The van der Waals surface area contributed by atoms with Crippen molar-refractivity contribution in [1.82, 2.24) is 5.32 Å². The predicted molar refractivity (Wildman–Crippen MR) is 91.4 cm³/mol. The number of carboxylic acid groups (broad SMARTS) is 1. The normalized spacial score (nSPS) is 11.4. The molecule has 0 fully saturated rings. The number of carbonyl (C=O) groups excluding carboxylic acids is 2. The summed E-state index contributed by atoms with van der Waals surface area (Å²) in [6, 6.07) is 14.5. The summed E-state index contributed by atoms with van der Waals surface area (Å²) in [5, 5.41) is 11.8. The standard InChI is InChI=1S/C19H19NO5/c1-13(21)25-16-9-5-8-15(12-16)18(22)20-17(19(23)24)11-10-14-6-3-2-4-7-14/h2-9,12,17H,10-11H2,1H3,(H,20,22)(H,23,24)/t17-/m1/s1. The fraction of sp³-hybridized carbons (Fsp3) is 0.211. The largest absolute Gasteiger partial charge is 0.480 e. The molecule has 6 nitrogen and oxygen atoms in total. The third-order valence-corrected chi connectivity index (χ3v) is 3.53. The summed E-state index contributed by atoms with van der Waals surface area (Å²) in [5.41, 5.74) is 1.23. The molecule has 0 saturated heterocycles. The van der Waals surface area contributed by atoms with Crippen molar-refractivity contribution in [1.29, 1.82) is 0 Å². The van der Waals surface area contributed by atoms with Gasteiger partial charge in [0.25, 0.3) is 5.91 Å². The van der Waals surface area contributed by atoms with E-state index in [0.29, 0.717) is 6.42 Å². The van der Waals surface area contributed by atoms with E-state index in [2.05, 4.69) is 5.32 Å². The highest BCUT2D eigenvalue weighted by Gasteiger charge is 2.20. The van der Waals surface area contributed by atoms with Crippen LogP contribution in [0.5, 0.6) is 5.75 Å². The molecule has 0 aliphatic heterocycles. The van der Waals surface area contributed by atoms with Crippen LogP contribution >= 0.6 is 0 Å². The van der Waals surface area contributed by atoms with Gasteiger partial charge in [0, 0.05) is 12.5 Å². The third-order valence-electron chi connectivity index (χ3n) is 3.53. The maximum atomic E-state index is 12.3. The van der Waals surface area contributed by atoms with Crippen molar-refractivity contribution in [3.63, 3.8) is 0 Å². The van der Waals surface area contributed by atoms with E-state index in [-0.39, 0.29) is 17.7 Å². The first-order valence-electron chi connectivity index (χ1n) is 7.82. The number of nitrogens with one attached hydrogen (secondary N) is 1. The van der Waals surface area contributed by atoms with Crippen molar-refractivity contribution in [3.05, 3.63) is 65.7 Å². The Bertz CT molecular complexity index is 757. The molecular weight excluding hydrogens is 322 g/mol. The number of carbonyl (C=O) groups is 3. The lowest BCUT2D eigenvalue weighted by Crippen LogP contribution is -2.41. The number of carboxylic acids is 1. The first-order valence-corrected chi connectivity index (χ1v) is 7.82. The molecule has 0 aromatic heterocycles. The SMILES string of the molecule is CC(=O)Oc1cccc(C(=O)N[C@H](CCc2ccccc2)C(=O)O)c1. The summed E-state index contributed by atoms with van der Waals surface area (Å²) in [5.74, 6) is -1.89. The van der Waals surface area contributed by atoms with Gasteiger partial charge in [-0.15, -0.1) is 0 Å². The van der Waals surface area contributed by atoms with Gasteiger partial charge in [0.15, 0.2) is 0 Å². The Morgan fingerprint density at radius 3 is 2.44 bits per heavy atom. The lowest BCUT2D eigenvalue weighted by atomic mass is 10.0. The Morgan fingerprint density at radius 2 is 1.80 bits per heavy atom. The van der Waals surface area contributed by atoms with E-state index in [1.807, 2.05) is 30.3 Å². The highest BCUT2D eigenvalue weighted by molar-refractivity contribution is 5.97. The summed E-state index contributed by atoms with van der Waals surface area (Å²) in [4.78, 5) is 34.7. The molecule has 0 radical (unpaired) electrons. The minimum atomic E-state index is -1.10. The quantitative estimate of drug-likeness (QED) is 0.596. The van der Waals surface area contributed by atoms with E-state index < -0.39 is 23.9 Å². The minimum Gasteiger partial charge on any atom is -0.480 e. The average Bonchev–Trinajstić information content (AvgIpc) is 2.58. The number of esters is 1. The number of hydrogen-bond donors (Lipinski definition) is 2. The van der Waals surface area contributed by atoms with Gasteiger partial charge in [0.1, 0.15) is 11.8 Å². The highest BCUT2D eigenvalue weighted by Crippen LogP contribution is 2.14. The highest BCUT2D eigenvalue weighted by atomic mass is 16.5. The van der Waals surface area contributed by atoms with Crippen LogP contribution in [0, 0.1) is 0 Å². The first-order chi connectivity index (χ1) is 12.0. The Morgan fingerprint density at radius 1 is 1.08 bits per heavy atom. The van der Waals surface area contributed by atoms with E-state index in [0.717, 1.165) is 5.56 Å². The van der Waals surface area contributed by atoms with Crippen molar-refractivity contribution in [3.8, 4) is 5.75 Å². The van der Waals surface area contributed by atoms with E-state index in [1.54, 1.807) is 12.1 Å². The summed E-state index contributed by atoms with van der Waals surface area (Å²) in [6.07, 6.45) is 0.806. The van der Waals surface area contributed by atoms with Crippen LogP contribution in [0.25, 0.3) is 0 Å². The second-order valence-electron chi connectivity index (χ2n) is 5.51. The van der Waals surface area contributed by atoms with Crippen molar-refractivity contribution >= 4 is 17.8 Å². The number of aliphatic carboxylic acids is 1. The van der Waals surface area contributed by atoms with Crippen LogP contribution in [0.2, 0.25) is 0 Å². The van der Waals surface area contributed by atoms with Crippen LogP contribution in [0.1, 0.15) is 29.3 Å². The van der Waals surface area contributed by atoms with Gasteiger partial charge in [0.05, 0.1) is 0 Å². The molecule has 0 unspecified atom stereocenters. The van der Waals surface area contributed by atoms with Crippen LogP contribution in [-0.2, 0) is 16.0 Å². The van der Waals surface area contributed by atoms with Gasteiger partial charge >= 0.3 is 11.9 Å². The molecule has 25 heavy (non-hydrogen) atoms. The van der Waals surface area contributed by atoms with Gasteiger partial charge in [-0.2, -0.15) is 0 Å². The molecule has 130 valence electrons. The van der Waals surface area contributed by atoms with Crippen molar-refractivity contribution < 1.29 is 24.2 Å². The third kappa shape index (κ3) is 5.76. The Balaban J connectivity index is 2.02. The molecule has 0 aliphatic rings. The molecule has 1 amide bonds. The topological polar surface area (TPSA) is 92.7 Å². The van der Waals surface area contributed by atoms with Gasteiger partial charge < -0.3 is 15.2 Å². The second kappa shape index (κ2) is 8.63. The maximum Gasteiger partial charge on any atom is 0.326 e. The van der Waals surface area contributed by atoms with Gasteiger partial charge in [-0.25, -0.2) is 4.79 Å². The Hall–Kier alpha value is -3.15. The van der Waals surface area contributed by atoms with Crippen molar-refractivity contribution in [2.75, 3.05) is 0 Å². The molecule has 0 bridgehead atoms. The fourth-order valence-corrected chi connectivity index (χ4v) is 2.32. The van der Waals surface area contributed by atoms with Crippen molar-refractivity contribution in [2.24, 2.45) is 0 Å². The molecule has 0 aliphatic carbocycles. The smallest absolute Gasteiger partial charge is 0.326 e. The van der Waals surface area contributed by atoms with E-state index >= 15 is 0 Å². The van der Waals surface area contributed by atoms with E-state index in [4.69, 9.17) is 4.74 Å². The molecule has 2 N–H and O–H groups in total. The zero-order valence-electron chi connectivity index (χ0n) is 13.8. The van der Waals surface area contributed by atoms with Gasteiger partial charge in [-0.1, -0.05) is 36.4 Å². The zero-order valence-corrected chi connectivity index (χ0v) is 13.8. The zero-order chi connectivity index (χ0) is 18.2. The van der Waals surface area contributed by atoms with Crippen LogP contribution in [-0.4, -0.2) is 29.0 Å². The number of hydrogen-bond acceptors (Lipinski definition) is 4.